The third kappa shape index (κ3) is 1.99. The number of rotatable bonds is 2. The van der Waals surface area contributed by atoms with Gasteiger partial charge in [0.2, 0.25) is 0 Å². The number of fused-ring (bicyclic) bond motifs is 1. The molecular weight excluding hydrogens is 284 g/mol. The Labute approximate surface area is 107 Å². The lowest BCUT2D eigenvalue weighted by Gasteiger charge is -2.02. The summed E-state index contributed by atoms with van der Waals surface area (Å²) in [6.45, 7) is 0. The molecule has 0 spiro atoms. The van der Waals surface area contributed by atoms with Crippen LogP contribution in [0.2, 0.25) is 0 Å². The van der Waals surface area contributed by atoms with E-state index in [4.69, 9.17) is 0 Å². The molecule has 0 unspecified atom stereocenters. The largest absolute Gasteiger partial charge is 0.332 e. The molecule has 2 nitrogen and oxygen atoms in total. The first kappa shape index (κ1) is 10.3. The highest BCUT2D eigenvalue weighted by Gasteiger charge is 2.16. The molecule has 0 saturated carbocycles. The number of nitrogens with zero attached hydrogens (tertiary/aromatic N) is 1. The summed E-state index contributed by atoms with van der Waals surface area (Å²) in [4.78, 5) is 6.06. The SMILES string of the molecule is Brc1ccc(Nc2nc3c(s2)CCC3)cc1. The Morgan fingerprint density at radius 1 is 1.19 bits per heavy atom. The Hall–Kier alpha value is -0.870. The summed E-state index contributed by atoms with van der Waals surface area (Å²) in [7, 11) is 0. The van der Waals surface area contributed by atoms with Gasteiger partial charge in [0.05, 0.1) is 5.69 Å². The van der Waals surface area contributed by atoms with Crippen LogP contribution in [-0.2, 0) is 12.8 Å². The second-order valence-corrected chi connectivity index (χ2v) is 5.87. The normalized spacial score (nSPS) is 13.8. The Morgan fingerprint density at radius 3 is 2.75 bits per heavy atom. The van der Waals surface area contributed by atoms with Gasteiger partial charge >= 0.3 is 0 Å². The van der Waals surface area contributed by atoms with E-state index in [1.807, 2.05) is 12.1 Å². The van der Waals surface area contributed by atoms with Crippen LogP contribution in [0.1, 0.15) is 17.0 Å². The van der Waals surface area contributed by atoms with Crippen LogP contribution in [0.25, 0.3) is 0 Å². The number of thiazole rings is 1. The Bertz CT molecular complexity index is 483. The van der Waals surface area contributed by atoms with E-state index in [-0.39, 0.29) is 0 Å². The van der Waals surface area contributed by atoms with Gasteiger partial charge in [-0.05, 0) is 43.5 Å². The van der Waals surface area contributed by atoms with Crippen molar-refractivity contribution in [3.8, 4) is 0 Å². The first-order valence-electron chi connectivity index (χ1n) is 5.32. The van der Waals surface area contributed by atoms with Crippen LogP contribution in [0.5, 0.6) is 0 Å². The number of benzene rings is 1. The van der Waals surface area contributed by atoms with E-state index >= 15 is 0 Å². The van der Waals surface area contributed by atoms with E-state index in [2.05, 4.69) is 38.4 Å². The molecule has 0 bridgehead atoms. The Morgan fingerprint density at radius 2 is 2.00 bits per heavy atom. The predicted octanol–water partition coefficient (Wildman–Crippen LogP) is 4.14. The van der Waals surface area contributed by atoms with E-state index < -0.39 is 0 Å². The molecule has 1 aromatic heterocycles. The minimum absolute atomic E-state index is 1.02. The Balaban J connectivity index is 1.81. The van der Waals surface area contributed by atoms with Crippen LogP contribution in [-0.4, -0.2) is 4.98 Å². The number of hydrogen-bond acceptors (Lipinski definition) is 3. The van der Waals surface area contributed by atoms with Crippen molar-refractivity contribution >= 4 is 38.1 Å². The topological polar surface area (TPSA) is 24.9 Å². The second kappa shape index (κ2) is 4.18. The van der Waals surface area contributed by atoms with E-state index in [1.165, 1.54) is 23.4 Å². The van der Waals surface area contributed by atoms with Crippen molar-refractivity contribution < 1.29 is 0 Å². The number of nitrogens with one attached hydrogen (secondary N) is 1. The third-order valence-corrected chi connectivity index (χ3v) is 4.29. The van der Waals surface area contributed by atoms with Gasteiger partial charge in [0.25, 0.3) is 0 Å². The number of aryl methyl sites for hydroxylation is 2. The fraction of sp³-hybridized carbons (Fsp3) is 0.250. The van der Waals surface area contributed by atoms with Crippen LogP contribution in [0, 0.1) is 0 Å². The molecule has 1 aliphatic carbocycles. The van der Waals surface area contributed by atoms with Crippen LogP contribution >= 0.6 is 27.3 Å². The lowest BCUT2D eigenvalue weighted by atomic mass is 10.3. The summed E-state index contributed by atoms with van der Waals surface area (Å²) in [6.07, 6.45) is 3.62. The fourth-order valence-corrected chi connectivity index (χ4v) is 3.23. The number of halogens is 1. The summed E-state index contributed by atoms with van der Waals surface area (Å²) in [6, 6.07) is 8.17. The first-order valence-corrected chi connectivity index (χ1v) is 6.93. The average molecular weight is 295 g/mol. The molecule has 1 aromatic carbocycles. The smallest absolute Gasteiger partial charge is 0.187 e. The second-order valence-electron chi connectivity index (χ2n) is 3.87. The minimum atomic E-state index is 1.02. The molecule has 82 valence electrons. The van der Waals surface area contributed by atoms with Crippen molar-refractivity contribution in [1.82, 2.24) is 4.98 Å². The average Bonchev–Trinajstić information content (AvgIpc) is 2.81. The lowest BCUT2D eigenvalue weighted by Crippen LogP contribution is -1.89. The highest BCUT2D eigenvalue weighted by molar-refractivity contribution is 9.10. The maximum atomic E-state index is 4.60. The number of aromatic nitrogens is 1. The molecule has 0 saturated heterocycles. The molecule has 1 N–H and O–H groups in total. The summed E-state index contributed by atoms with van der Waals surface area (Å²) in [5, 5.41) is 4.37. The van der Waals surface area contributed by atoms with Gasteiger partial charge in [0, 0.05) is 15.0 Å². The zero-order valence-electron chi connectivity index (χ0n) is 8.66. The van der Waals surface area contributed by atoms with Gasteiger partial charge in [-0.1, -0.05) is 15.9 Å². The van der Waals surface area contributed by atoms with Crippen LogP contribution in [0.3, 0.4) is 0 Å². The zero-order valence-corrected chi connectivity index (χ0v) is 11.1. The van der Waals surface area contributed by atoms with Crippen molar-refractivity contribution in [1.29, 1.82) is 0 Å². The van der Waals surface area contributed by atoms with Crippen molar-refractivity contribution in [3.63, 3.8) is 0 Å². The van der Waals surface area contributed by atoms with Crippen LogP contribution in [0.4, 0.5) is 10.8 Å². The van der Waals surface area contributed by atoms with Gasteiger partial charge in [-0.15, -0.1) is 11.3 Å². The molecule has 0 fully saturated rings. The first-order chi connectivity index (χ1) is 7.81. The molecule has 0 atom stereocenters. The fourth-order valence-electron chi connectivity index (χ4n) is 1.90. The van der Waals surface area contributed by atoms with Gasteiger partial charge in [-0.2, -0.15) is 0 Å². The number of anilines is 2. The molecule has 0 aliphatic heterocycles. The highest BCUT2D eigenvalue weighted by atomic mass is 79.9. The number of hydrogen-bond donors (Lipinski definition) is 1. The molecular formula is C12H11BrN2S. The van der Waals surface area contributed by atoms with Crippen molar-refractivity contribution in [2.45, 2.75) is 19.3 Å². The summed E-state index contributed by atoms with van der Waals surface area (Å²) < 4.78 is 1.10. The van der Waals surface area contributed by atoms with Gasteiger partial charge in [0.15, 0.2) is 5.13 Å². The van der Waals surface area contributed by atoms with E-state index in [0.29, 0.717) is 0 Å². The summed E-state index contributed by atoms with van der Waals surface area (Å²) in [5.41, 5.74) is 2.39. The van der Waals surface area contributed by atoms with E-state index in [0.717, 1.165) is 21.7 Å². The van der Waals surface area contributed by atoms with Crippen LogP contribution < -0.4 is 5.32 Å². The van der Waals surface area contributed by atoms with Crippen molar-refractivity contribution in [2.24, 2.45) is 0 Å². The van der Waals surface area contributed by atoms with E-state index in [1.54, 1.807) is 11.3 Å². The highest BCUT2D eigenvalue weighted by Crippen LogP contribution is 2.32. The van der Waals surface area contributed by atoms with Crippen molar-refractivity contribution in [3.05, 3.63) is 39.3 Å². The summed E-state index contributed by atoms with van der Waals surface area (Å²) in [5.74, 6) is 0. The predicted molar refractivity (Wildman–Crippen MR) is 71.6 cm³/mol. The molecule has 4 heteroatoms. The maximum absolute atomic E-state index is 4.60. The van der Waals surface area contributed by atoms with Gasteiger partial charge in [-0.3, -0.25) is 0 Å². The zero-order chi connectivity index (χ0) is 11.0. The third-order valence-electron chi connectivity index (χ3n) is 2.69. The molecule has 3 rings (SSSR count). The van der Waals surface area contributed by atoms with E-state index in [9.17, 15) is 0 Å². The standard InChI is InChI=1S/C12H11BrN2S/c13-8-4-6-9(7-5-8)14-12-15-10-2-1-3-11(10)16-12/h4-7H,1-3H2,(H,14,15). The van der Waals surface area contributed by atoms with Gasteiger partial charge < -0.3 is 5.32 Å². The molecule has 2 aromatic rings. The Kier molecular flexibility index (Phi) is 2.69. The molecule has 0 amide bonds. The maximum Gasteiger partial charge on any atom is 0.187 e. The molecule has 0 radical (unpaired) electrons. The van der Waals surface area contributed by atoms with Gasteiger partial charge in [0.1, 0.15) is 0 Å². The molecule has 1 aliphatic rings. The quantitative estimate of drug-likeness (QED) is 0.900. The monoisotopic (exact) mass is 294 g/mol. The van der Waals surface area contributed by atoms with Crippen molar-refractivity contribution in [2.75, 3.05) is 5.32 Å². The summed E-state index contributed by atoms with van der Waals surface area (Å²) >= 11 is 5.21. The molecule has 1 heterocycles. The van der Waals surface area contributed by atoms with Crippen LogP contribution in [0.15, 0.2) is 28.7 Å². The minimum Gasteiger partial charge on any atom is -0.332 e. The van der Waals surface area contributed by atoms with Gasteiger partial charge in [-0.25, -0.2) is 4.98 Å². The molecule has 16 heavy (non-hydrogen) atoms. The lowest BCUT2D eigenvalue weighted by molar-refractivity contribution is 0.900.